The summed E-state index contributed by atoms with van der Waals surface area (Å²) >= 11 is 0. The first-order chi connectivity index (χ1) is 16.4. The summed E-state index contributed by atoms with van der Waals surface area (Å²) in [4.78, 5) is -0.640. The van der Waals surface area contributed by atoms with Gasteiger partial charge in [0.05, 0.1) is 28.2 Å². The highest BCUT2D eigenvalue weighted by Crippen LogP contribution is 2.43. The van der Waals surface area contributed by atoms with Crippen molar-refractivity contribution < 1.29 is 30.4 Å². The predicted octanol–water partition coefficient (Wildman–Crippen LogP) is 4.34. The third kappa shape index (κ3) is 6.70. The van der Waals surface area contributed by atoms with Gasteiger partial charge in [-0.3, -0.25) is 4.72 Å². The van der Waals surface area contributed by atoms with Crippen molar-refractivity contribution in [2.24, 2.45) is 10.2 Å². The Bertz CT molecular complexity index is 1680. The van der Waals surface area contributed by atoms with Crippen molar-refractivity contribution in [3.63, 3.8) is 0 Å². The predicted molar refractivity (Wildman–Crippen MR) is 138 cm³/mol. The lowest BCUT2D eigenvalue weighted by Crippen LogP contribution is -2.40. The number of nitrogens with zero attached hydrogens (tertiary/aromatic N) is 2. The summed E-state index contributed by atoms with van der Waals surface area (Å²) in [7, 11) is -6.62. The lowest BCUT2D eigenvalue weighted by molar-refractivity contribution is 0.458. The molecule has 36 heavy (non-hydrogen) atoms. The average molecular weight is 575 g/mol. The van der Waals surface area contributed by atoms with Crippen LogP contribution in [0, 0.1) is 0 Å². The lowest BCUT2D eigenvalue weighted by Gasteiger charge is -2.21. The standard InChI is InChI=1S/C21H23ClN4O7S3/c1-21(2,3)26-36(32,33)18-12-17(24-23-13-8-10-14(11-9-13)35(22,30)31)19-15(20(18)27)6-5-7-16(19)25-34(4,28)29/h5-12,25-27H,1-4H3. The van der Waals surface area contributed by atoms with Gasteiger partial charge in [0.25, 0.3) is 9.05 Å². The zero-order valence-corrected chi connectivity index (χ0v) is 22.7. The first kappa shape index (κ1) is 27.8. The van der Waals surface area contributed by atoms with Gasteiger partial charge in [-0.1, -0.05) is 12.1 Å². The summed E-state index contributed by atoms with van der Waals surface area (Å²) in [6.07, 6.45) is 0.936. The van der Waals surface area contributed by atoms with E-state index in [0.29, 0.717) is 0 Å². The van der Waals surface area contributed by atoms with Gasteiger partial charge >= 0.3 is 0 Å². The van der Waals surface area contributed by atoms with E-state index in [4.69, 9.17) is 10.7 Å². The van der Waals surface area contributed by atoms with Gasteiger partial charge in [0, 0.05) is 27.0 Å². The monoisotopic (exact) mass is 574 g/mol. The fraction of sp³-hybridized carbons (Fsp3) is 0.238. The van der Waals surface area contributed by atoms with E-state index in [-0.39, 0.29) is 32.7 Å². The van der Waals surface area contributed by atoms with Crippen LogP contribution in [0.4, 0.5) is 17.1 Å². The van der Waals surface area contributed by atoms with Crippen molar-refractivity contribution in [1.29, 1.82) is 0 Å². The number of sulfonamides is 2. The molecule has 0 saturated heterocycles. The van der Waals surface area contributed by atoms with Gasteiger partial charge < -0.3 is 5.11 Å². The molecule has 3 N–H and O–H groups in total. The van der Waals surface area contributed by atoms with Crippen LogP contribution in [-0.4, -0.2) is 42.2 Å². The molecule has 0 aromatic heterocycles. The van der Waals surface area contributed by atoms with Crippen LogP contribution in [0.2, 0.25) is 0 Å². The Labute approximate surface area is 213 Å². The normalized spacial score (nSPS) is 13.4. The second-order valence-electron chi connectivity index (χ2n) is 8.83. The second-order valence-corrected chi connectivity index (χ2v) is 14.8. The molecule has 0 radical (unpaired) electrons. The number of azo groups is 1. The Kier molecular flexibility index (Phi) is 7.41. The number of nitrogens with one attached hydrogen (secondary N) is 2. The Morgan fingerprint density at radius 2 is 1.53 bits per heavy atom. The maximum absolute atomic E-state index is 13.1. The highest BCUT2D eigenvalue weighted by molar-refractivity contribution is 8.13. The van der Waals surface area contributed by atoms with Gasteiger partial charge in [0.2, 0.25) is 20.0 Å². The van der Waals surface area contributed by atoms with Crippen molar-refractivity contribution in [1.82, 2.24) is 4.72 Å². The first-order valence-electron chi connectivity index (χ1n) is 10.1. The third-order valence-electron chi connectivity index (χ3n) is 4.49. The largest absolute Gasteiger partial charge is 0.506 e. The van der Waals surface area contributed by atoms with E-state index in [1.54, 1.807) is 20.8 Å². The quantitative estimate of drug-likeness (QED) is 0.278. The smallest absolute Gasteiger partial charge is 0.261 e. The fourth-order valence-electron chi connectivity index (χ4n) is 3.24. The SMILES string of the molecule is CC(C)(C)NS(=O)(=O)c1cc(N=Nc2ccc(S(=O)(=O)Cl)cc2)c2c(NS(C)(=O)=O)cccc2c1O. The highest BCUT2D eigenvalue weighted by Gasteiger charge is 2.28. The van der Waals surface area contributed by atoms with Crippen molar-refractivity contribution in [3.05, 3.63) is 48.5 Å². The number of hydrogen-bond donors (Lipinski definition) is 3. The van der Waals surface area contributed by atoms with E-state index in [2.05, 4.69) is 19.7 Å². The van der Waals surface area contributed by atoms with Crippen molar-refractivity contribution in [2.75, 3.05) is 11.0 Å². The zero-order chi connectivity index (χ0) is 27.1. The van der Waals surface area contributed by atoms with Crippen molar-refractivity contribution in [3.8, 4) is 5.75 Å². The molecule has 0 spiro atoms. The van der Waals surface area contributed by atoms with Gasteiger partial charge in [-0.25, -0.2) is 30.0 Å². The summed E-state index contributed by atoms with van der Waals surface area (Å²) < 4.78 is 77.6. The summed E-state index contributed by atoms with van der Waals surface area (Å²) in [5, 5.41) is 19.1. The molecule has 0 unspecified atom stereocenters. The van der Waals surface area contributed by atoms with Crippen LogP contribution in [0.25, 0.3) is 10.8 Å². The molecule has 0 aliphatic rings. The molecule has 3 aromatic carbocycles. The van der Waals surface area contributed by atoms with E-state index < -0.39 is 45.3 Å². The number of fused-ring (bicyclic) bond motifs is 1. The number of hydrogen-bond acceptors (Lipinski definition) is 9. The minimum atomic E-state index is -4.24. The van der Waals surface area contributed by atoms with E-state index in [9.17, 15) is 30.4 Å². The Morgan fingerprint density at radius 1 is 0.917 bits per heavy atom. The maximum atomic E-state index is 13.1. The van der Waals surface area contributed by atoms with Crippen molar-refractivity contribution >= 4 is 67.6 Å². The molecule has 0 fully saturated rings. The number of aromatic hydroxyl groups is 1. The number of benzene rings is 3. The lowest BCUT2D eigenvalue weighted by atomic mass is 10.1. The van der Waals surface area contributed by atoms with E-state index >= 15 is 0 Å². The Balaban J connectivity index is 2.28. The van der Waals surface area contributed by atoms with Crippen LogP contribution in [-0.2, 0) is 29.1 Å². The summed E-state index contributed by atoms with van der Waals surface area (Å²) in [5.41, 5.74) is -0.703. The molecule has 15 heteroatoms. The van der Waals surface area contributed by atoms with E-state index in [1.807, 2.05) is 0 Å². The molecule has 194 valence electrons. The van der Waals surface area contributed by atoms with Gasteiger partial charge in [-0.15, -0.1) is 5.11 Å². The molecule has 0 amide bonds. The molecule has 0 heterocycles. The average Bonchev–Trinajstić information content (AvgIpc) is 2.70. The van der Waals surface area contributed by atoms with Crippen LogP contribution < -0.4 is 9.44 Å². The molecular formula is C21H23ClN4O7S3. The summed E-state index contributed by atoms with van der Waals surface area (Å²) in [6, 6.07) is 10.4. The Hall–Kier alpha value is -2.78. The van der Waals surface area contributed by atoms with Crippen LogP contribution >= 0.6 is 10.7 Å². The second kappa shape index (κ2) is 9.59. The molecule has 0 saturated carbocycles. The van der Waals surface area contributed by atoms with E-state index in [0.717, 1.165) is 12.3 Å². The van der Waals surface area contributed by atoms with Crippen LogP contribution in [0.3, 0.4) is 0 Å². The van der Waals surface area contributed by atoms with E-state index in [1.165, 1.54) is 42.5 Å². The van der Waals surface area contributed by atoms with Crippen LogP contribution in [0.15, 0.2) is 68.6 Å². The number of halogens is 1. The fourth-order valence-corrected chi connectivity index (χ4v) is 6.12. The number of phenols is 1. The van der Waals surface area contributed by atoms with Crippen LogP contribution in [0.1, 0.15) is 20.8 Å². The molecule has 11 nitrogen and oxygen atoms in total. The van der Waals surface area contributed by atoms with Gasteiger partial charge in [0.15, 0.2) is 0 Å². The minimum absolute atomic E-state index is 0.0120. The number of phenolic OH excluding ortho intramolecular Hbond substituents is 1. The highest BCUT2D eigenvalue weighted by atomic mass is 35.7. The van der Waals surface area contributed by atoms with Crippen LogP contribution in [0.5, 0.6) is 5.75 Å². The molecule has 0 atom stereocenters. The molecule has 3 rings (SSSR count). The maximum Gasteiger partial charge on any atom is 0.261 e. The summed E-state index contributed by atoms with van der Waals surface area (Å²) in [5.74, 6) is -0.602. The van der Waals surface area contributed by atoms with Gasteiger partial charge in [-0.05, 0) is 57.2 Å². The topological polar surface area (TPSA) is 171 Å². The molecule has 0 aliphatic heterocycles. The minimum Gasteiger partial charge on any atom is -0.506 e. The number of anilines is 1. The first-order valence-corrected chi connectivity index (χ1v) is 15.8. The van der Waals surface area contributed by atoms with Gasteiger partial charge in [-0.2, -0.15) is 5.11 Å². The Morgan fingerprint density at radius 3 is 2.06 bits per heavy atom. The zero-order valence-electron chi connectivity index (χ0n) is 19.5. The number of rotatable bonds is 7. The summed E-state index contributed by atoms with van der Waals surface area (Å²) in [6.45, 7) is 4.88. The molecular weight excluding hydrogens is 552 g/mol. The molecule has 3 aromatic rings. The third-order valence-corrected chi connectivity index (χ3v) is 8.23. The van der Waals surface area contributed by atoms with Gasteiger partial charge in [0.1, 0.15) is 10.6 Å². The molecule has 0 bridgehead atoms. The van der Waals surface area contributed by atoms with Crippen molar-refractivity contribution in [2.45, 2.75) is 36.1 Å². The molecule has 0 aliphatic carbocycles.